The second kappa shape index (κ2) is 6.28. The van der Waals surface area contributed by atoms with Gasteiger partial charge in [0.05, 0.1) is 11.2 Å². The highest BCUT2D eigenvalue weighted by atomic mass is 32.1. The molecular weight excluding hydrogens is 308 g/mol. The van der Waals surface area contributed by atoms with Crippen LogP contribution in [0.15, 0.2) is 17.6 Å². The van der Waals surface area contributed by atoms with E-state index in [0.717, 1.165) is 47.2 Å². The molecule has 1 amide bonds. The van der Waals surface area contributed by atoms with Crippen LogP contribution in [0.25, 0.3) is 0 Å². The topological polar surface area (TPSA) is 49.3 Å². The van der Waals surface area contributed by atoms with Crippen molar-refractivity contribution in [1.82, 2.24) is 14.9 Å². The van der Waals surface area contributed by atoms with Crippen molar-refractivity contribution in [1.29, 1.82) is 0 Å². The molecular formula is C17H22N4OS. The molecule has 23 heavy (non-hydrogen) atoms. The Morgan fingerprint density at radius 1 is 1.35 bits per heavy atom. The molecule has 3 heterocycles. The number of aryl methyl sites for hydroxylation is 2. The van der Waals surface area contributed by atoms with Gasteiger partial charge in [0.15, 0.2) is 0 Å². The zero-order chi connectivity index (χ0) is 16.6. The van der Waals surface area contributed by atoms with Crippen LogP contribution in [0.3, 0.4) is 0 Å². The average molecular weight is 330 g/mol. The number of carbonyl (C=O) groups excluding carboxylic acids is 1. The normalized spacial score (nSPS) is 17.6. The van der Waals surface area contributed by atoms with Crippen molar-refractivity contribution in [3.63, 3.8) is 0 Å². The van der Waals surface area contributed by atoms with Crippen molar-refractivity contribution in [2.45, 2.75) is 26.2 Å². The quantitative estimate of drug-likeness (QED) is 0.868. The molecule has 0 N–H and O–H groups in total. The first kappa shape index (κ1) is 15.9. The summed E-state index contributed by atoms with van der Waals surface area (Å²) in [7, 11) is 4.07. The van der Waals surface area contributed by atoms with Crippen LogP contribution < -0.4 is 4.90 Å². The number of anilines is 1. The lowest BCUT2D eigenvalue weighted by Crippen LogP contribution is -2.28. The fourth-order valence-electron chi connectivity index (χ4n) is 2.98. The van der Waals surface area contributed by atoms with E-state index in [9.17, 15) is 4.79 Å². The molecule has 1 aliphatic rings. The summed E-state index contributed by atoms with van der Waals surface area (Å²) in [6.07, 6.45) is 0.965. The van der Waals surface area contributed by atoms with Crippen LogP contribution in [-0.2, 0) is 0 Å². The van der Waals surface area contributed by atoms with Crippen LogP contribution in [0.2, 0.25) is 0 Å². The highest BCUT2D eigenvalue weighted by Gasteiger charge is 2.30. The molecule has 122 valence electrons. The summed E-state index contributed by atoms with van der Waals surface area (Å²) >= 11 is 1.43. The predicted octanol–water partition coefficient (Wildman–Crippen LogP) is 2.85. The Kier molecular flexibility index (Phi) is 4.35. The summed E-state index contributed by atoms with van der Waals surface area (Å²) in [5.41, 5.74) is 5.84. The molecule has 0 aliphatic carbocycles. The molecule has 0 spiro atoms. The average Bonchev–Trinajstić information content (AvgIpc) is 3.14. The number of amides is 1. The van der Waals surface area contributed by atoms with E-state index in [2.05, 4.69) is 22.0 Å². The third-order valence-electron chi connectivity index (χ3n) is 4.31. The minimum Gasteiger partial charge on any atom is -0.378 e. The van der Waals surface area contributed by atoms with Gasteiger partial charge in [0.25, 0.3) is 5.91 Å². The first-order valence-corrected chi connectivity index (χ1v) is 8.69. The largest absolute Gasteiger partial charge is 0.378 e. The summed E-state index contributed by atoms with van der Waals surface area (Å²) in [5.74, 6) is 0.416. The van der Waals surface area contributed by atoms with E-state index < -0.39 is 0 Å². The lowest BCUT2D eigenvalue weighted by Gasteiger charge is -2.18. The molecule has 2 aromatic heterocycles. The van der Waals surface area contributed by atoms with Gasteiger partial charge in [-0.05, 0) is 32.4 Å². The van der Waals surface area contributed by atoms with Crippen molar-refractivity contribution >= 4 is 22.9 Å². The summed E-state index contributed by atoms with van der Waals surface area (Å²) in [6.45, 7) is 5.44. The Balaban J connectivity index is 1.78. The first-order chi connectivity index (χ1) is 11.0. The lowest BCUT2D eigenvalue weighted by molar-refractivity contribution is 0.0794. The first-order valence-electron chi connectivity index (χ1n) is 7.81. The van der Waals surface area contributed by atoms with Gasteiger partial charge in [-0.2, -0.15) is 0 Å². The Morgan fingerprint density at radius 2 is 2.13 bits per heavy atom. The van der Waals surface area contributed by atoms with Crippen LogP contribution in [-0.4, -0.2) is 48.0 Å². The molecule has 2 aromatic rings. The van der Waals surface area contributed by atoms with Gasteiger partial charge in [-0.25, -0.2) is 4.98 Å². The van der Waals surface area contributed by atoms with E-state index in [4.69, 9.17) is 4.98 Å². The van der Waals surface area contributed by atoms with Gasteiger partial charge in [0.1, 0.15) is 4.88 Å². The van der Waals surface area contributed by atoms with Gasteiger partial charge in [0.2, 0.25) is 0 Å². The Bertz CT molecular complexity index is 725. The molecule has 5 nitrogen and oxygen atoms in total. The van der Waals surface area contributed by atoms with Gasteiger partial charge in [0, 0.05) is 50.2 Å². The Morgan fingerprint density at radius 3 is 2.78 bits per heavy atom. The zero-order valence-corrected chi connectivity index (χ0v) is 14.9. The lowest BCUT2D eigenvalue weighted by atomic mass is 10.0. The van der Waals surface area contributed by atoms with E-state index in [1.807, 2.05) is 32.8 Å². The maximum absolute atomic E-state index is 12.6. The maximum Gasteiger partial charge on any atom is 0.265 e. The van der Waals surface area contributed by atoms with Crippen LogP contribution in [0.4, 0.5) is 5.69 Å². The number of rotatable bonds is 3. The van der Waals surface area contributed by atoms with Gasteiger partial charge >= 0.3 is 0 Å². The predicted molar refractivity (Wildman–Crippen MR) is 93.4 cm³/mol. The van der Waals surface area contributed by atoms with Gasteiger partial charge in [-0.15, -0.1) is 11.3 Å². The van der Waals surface area contributed by atoms with E-state index in [0.29, 0.717) is 5.92 Å². The number of pyridine rings is 1. The monoisotopic (exact) mass is 330 g/mol. The van der Waals surface area contributed by atoms with E-state index in [1.165, 1.54) is 11.3 Å². The number of carbonyl (C=O) groups is 1. The fraction of sp³-hybridized carbons (Fsp3) is 0.471. The number of nitrogens with zero attached hydrogens (tertiary/aromatic N) is 4. The third-order valence-corrected chi connectivity index (χ3v) is 5.22. The van der Waals surface area contributed by atoms with Crippen molar-refractivity contribution in [2.75, 3.05) is 32.1 Å². The molecule has 3 rings (SSSR count). The molecule has 0 radical (unpaired) electrons. The molecule has 1 fully saturated rings. The summed E-state index contributed by atoms with van der Waals surface area (Å²) in [6, 6.07) is 4.23. The number of thiazole rings is 1. The van der Waals surface area contributed by atoms with Crippen molar-refractivity contribution in [3.8, 4) is 0 Å². The molecule has 1 atom stereocenters. The minimum absolute atomic E-state index is 0.105. The zero-order valence-electron chi connectivity index (χ0n) is 14.0. The van der Waals surface area contributed by atoms with E-state index in [-0.39, 0.29) is 5.91 Å². The van der Waals surface area contributed by atoms with Gasteiger partial charge in [-0.1, -0.05) is 0 Å². The van der Waals surface area contributed by atoms with Crippen molar-refractivity contribution in [2.24, 2.45) is 0 Å². The SMILES string of the molecule is Cc1cc(N(C)C)cc([C@@H]2CCN(C(=O)c3scnc3C)C2)n1. The molecule has 0 unspecified atom stereocenters. The van der Waals surface area contributed by atoms with Crippen molar-refractivity contribution in [3.05, 3.63) is 39.6 Å². The molecule has 1 aliphatic heterocycles. The highest BCUT2D eigenvalue weighted by Crippen LogP contribution is 2.30. The summed E-state index contributed by atoms with van der Waals surface area (Å²) in [4.78, 5) is 26.3. The minimum atomic E-state index is 0.105. The highest BCUT2D eigenvalue weighted by molar-refractivity contribution is 7.11. The molecule has 1 saturated heterocycles. The summed E-state index contributed by atoms with van der Waals surface area (Å²) in [5, 5.41) is 0. The van der Waals surface area contributed by atoms with Crippen LogP contribution in [0, 0.1) is 13.8 Å². The van der Waals surface area contributed by atoms with Crippen LogP contribution in [0.1, 0.15) is 39.1 Å². The Hall–Kier alpha value is -1.95. The second-order valence-electron chi connectivity index (χ2n) is 6.29. The van der Waals surface area contributed by atoms with E-state index >= 15 is 0 Å². The second-order valence-corrected chi connectivity index (χ2v) is 7.14. The summed E-state index contributed by atoms with van der Waals surface area (Å²) < 4.78 is 0. The standard InChI is InChI=1S/C17H22N4OS/c1-11-7-14(20(3)4)8-15(19-11)13-5-6-21(9-13)17(22)16-12(2)18-10-23-16/h7-8,10,13H,5-6,9H2,1-4H3/t13-/m1/s1. The van der Waals surface area contributed by atoms with Crippen LogP contribution >= 0.6 is 11.3 Å². The van der Waals surface area contributed by atoms with Crippen LogP contribution in [0.5, 0.6) is 0 Å². The number of hydrogen-bond donors (Lipinski definition) is 0. The van der Waals surface area contributed by atoms with Gasteiger partial charge < -0.3 is 9.80 Å². The van der Waals surface area contributed by atoms with Crippen molar-refractivity contribution < 1.29 is 4.79 Å². The maximum atomic E-state index is 12.6. The number of aromatic nitrogens is 2. The molecule has 6 heteroatoms. The Labute approximate surface area is 141 Å². The fourth-order valence-corrected chi connectivity index (χ4v) is 3.75. The van der Waals surface area contributed by atoms with Gasteiger partial charge in [-0.3, -0.25) is 9.78 Å². The molecule has 0 saturated carbocycles. The molecule has 0 bridgehead atoms. The smallest absolute Gasteiger partial charge is 0.265 e. The third kappa shape index (κ3) is 3.22. The number of hydrogen-bond acceptors (Lipinski definition) is 5. The number of likely N-dealkylation sites (tertiary alicyclic amines) is 1. The molecule has 0 aromatic carbocycles. The van der Waals surface area contributed by atoms with E-state index in [1.54, 1.807) is 5.51 Å².